The van der Waals surface area contributed by atoms with E-state index in [2.05, 4.69) is 32.7 Å². The van der Waals surface area contributed by atoms with E-state index in [1.54, 1.807) is 0 Å². The third kappa shape index (κ3) is 8.21. The highest BCUT2D eigenvalue weighted by molar-refractivity contribution is 14.0. The number of benzene rings is 1. The van der Waals surface area contributed by atoms with Gasteiger partial charge in [-0.15, -0.1) is 34.2 Å². The molecule has 3 rings (SSSR count). The lowest BCUT2D eigenvalue weighted by atomic mass is 10.1. The SMILES string of the molecule is Cc1nnc(CN=C(NCCCN2CCOCC2)NC(C)c2ccc(Cl)cc2)n1C.I. The van der Waals surface area contributed by atoms with Gasteiger partial charge in [0.25, 0.3) is 0 Å². The molecule has 2 aromatic rings. The minimum atomic E-state index is 0. The van der Waals surface area contributed by atoms with Gasteiger partial charge in [-0.1, -0.05) is 23.7 Å². The predicted octanol–water partition coefficient (Wildman–Crippen LogP) is 2.91. The van der Waals surface area contributed by atoms with Gasteiger partial charge in [-0.3, -0.25) is 4.90 Å². The molecule has 0 aliphatic carbocycles. The summed E-state index contributed by atoms with van der Waals surface area (Å²) in [5.41, 5.74) is 1.15. The number of hydrogen-bond acceptors (Lipinski definition) is 5. The summed E-state index contributed by atoms with van der Waals surface area (Å²) in [6.45, 7) is 10.1. The lowest BCUT2D eigenvalue weighted by molar-refractivity contribution is 0.0376. The zero-order valence-electron chi connectivity index (χ0n) is 18.5. The van der Waals surface area contributed by atoms with Crippen molar-refractivity contribution in [3.8, 4) is 0 Å². The van der Waals surface area contributed by atoms with E-state index < -0.39 is 0 Å². The van der Waals surface area contributed by atoms with Crippen LogP contribution in [-0.4, -0.2) is 65.0 Å². The quantitative estimate of drug-likeness (QED) is 0.223. The molecule has 172 valence electrons. The molecule has 1 unspecified atom stereocenters. The van der Waals surface area contributed by atoms with E-state index >= 15 is 0 Å². The molecule has 1 saturated heterocycles. The number of hydrogen-bond donors (Lipinski definition) is 2. The number of aromatic nitrogens is 3. The van der Waals surface area contributed by atoms with Gasteiger partial charge in [0.1, 0.15) is 12.4 Å². The summed E-state index contributed by atoms with van der Waals surface area (Å²) in [6, 6.07) is 7.96. The van der Waals surface area contributed by atoms with Crippen LogP contribution in [0.3, 0.4) is 0 Å². The minimum absolute atomic E-state index is 0. The molecular formula is C21H33ClIN7O. The number of nitrogens with zero attached hydrogens (tertiary/aromatic N) is 5. The van der Waals surface area contributed by atoms with Gasteiger partial charge >= 0.3 is 0 Å². The normalized spacial score (nSPS) is 15.9. The summed E-state index contributed by atoms with van der Waals surface area (Å²) in [5.74, 6) is 2.48. The highest BCUT2D eigenvalue weighted by atomic mass is 127. The lowest BCUT2D eigenvalue weighted by Crippen LogP contribution is -2.41. The summed E-state index contributed by atoms with van der Waals surface area (Å²) in [4.78, 5) is 7.19. The summed E-state index contributed by atoms with van der Waals surface area (Å²) in [7, 11) is 1.96. The lowest BCUT2D eigenvalue weighted by Gasteiger charge is -2.26. The average Bonchev–Trinajstić information content (AvgIpc) is 3.08. The van der Waals surface area contributed by atoms with E-state index in [0.29, 0.717) is 6.54 Å². The highest BCUT2D eigenvalue weighted by Crippen LogP contribution is 2.16. The number of morpholine rings is 1. The van der Waals surface area contributed by atoms with Gasteiger partial charge in [-0.25, -0.2) is 4.99 Å². The maximum absolute atomic E-state index is 6.02. The molecule has 8 nitrogen and oxygen atoms in total. The van der Waals surface area contributed by atoms with Gasteiger partial charge in [0.05, 0.1) is 19.3 Å². The summed E-state index contributed by atoms with van der Waals surface area (Å²) in [6.07, 6.45) is 1.04. The van der Waals surface area contributed by atoms with Gasteiger partial charge in [0.15, 0.2) is 11.8 Å². The summed E-state index contributed by atoms with van der Waals surface area (Å²) < 4.78 is 7.38. The first-order valence-corrected chi connectivity index (χ1v) is 10.9. The van der Waals surface area contributed by atoms with E-state index in [1.165, 1.54) is 0 Å². The van der Waals surface area contributed by atoms with Crippen molar-refractivity contribution >= 4 is 41.5 Å². The van der Waals surface area contributed by atoms with Crippen LogP contribution in [0.15, 0.2) is 29.3 Å². The van der Waals surface area contributed by atoms with Crippen LogP contribution in [0, 0.1) is 6.92 Å². The fourth-order valence-electron chi connectivity index (χ4n) is 3.27. The second-order valence-corrected chi connectivity index (χ2v) is 7.98. The molecule has 0 saturated carbocycles. The molecule has 0 radical (unpaired) electrons. The van der Waals surface area contributed by atoms with E-state index in [-0.39, 0.29) is 30.0 Å². The van der Waals surface area contributed by atoms with Crippen molar-refractivity contribution in [3.63, 3.8) is 0 Å². The zero-order chi connectivity index (χ0) is 21.3. The molecule has 1 atom stereocenters. The van der Waals surface area contributed by atoms with Crippen molar-refractivity contribution in [2.24, 2.45) is 12.0 Å². The van der Waals surface area contributed by atoms with Gasteiger partial charge in [0, 0.05) is 31.7 Å². The number of ether oxygens (including phenoxy) is 1. The topological polar surface area (TPSA) is 79.6 Å². The summed E-state index contributed by atoms with van der Waals surface area (Å²) in [5, 5.41) is 16.0. The monoisotopic (exact) mass is 561 g/mol. The van der Waals surface area contributed by atoms with Crippen LogP contribution in [0.1, 0.15) is 36.6 Å². The number of rotatable bonds is 8. The Labute approximate surface area is 206 Å². The number of aryl methyl sites for hydroxylation is 1. The van der Waals surface area contributed by atoms with Crippen molar-refractivity contribution in [1.29, 1.82) is 0 Å². The van der Waals surface area contributed by atoms with Crippen LogP contribution in [-0.2, 0) is 18.3 Å². The van der Waals surface area contributed by atoms with E-state index in [0.717, 1.165) is 74.0 Å². The van der Waals surface area contributed by atoms with Crippen molar-refractivity contribution in [3.05, 3.63) is 46.5 Å². The molecular weight excluding hydrogens is 529 g/mol. The van der Waals surface area contributed by atoms with Crippen LogP contribution in [0.5, 0.6) is 0 Å². The van der Waals surface area contributed by atoms with Gasteiger partial charge < -0.3 is 19.9 Å². The first-order chi connectivity index (χ1) is 14.5. The van der Waals surface area contributed by atoms with Gasteiger partial charge in [0.2, 0.25) is 0 Å². The van der Waals surface area contributed by atoms with E-state index in [1.807, 2.05) is 42.8 Å². The average molecular weight is 562 g/mol. The molecule has 0 amide bonds. The third-order valence-electron chi connectivity index (χ3n) is 5.33. The molecule has 0 bridgehead atoms. The minimum Gasteiger partial charge on any atom is -0.379 e. The molecule has 2 heterocycles. The molecule has 1 aromatic heterocycles. The van der Waals surface area contributed by atoms with Crippen LogP contribution >= 0.6 is 35.6 Å². The Morgan fingerprint density at radius 2 is 1.94 bits per heavy atom. The Hall–Kier alpha value is -1.43. The third-order valence-corrected chi connectivity index (χ3v) is 5.58. The molecule has 0 spiro atoms. The Bertz CT molecular complexity index is 822. The van der Waals surface area contributed by atoms with Crippen molar-refractivity contribution in [2.45, 2.75) is 32.9 Å². The number of halogens is 2. The van der Waals surface area contributed by atoms with Crippen LogP contribution in [0.2, 0.25) is 5.02 Å². The smallest absolute Gasteiger partial charge is 0.192 e. The molecule has 1 aromatic carbocycles. The first-order valence-electron chi connectivity index (χ1n) is 10.5. The Morgan fingerprint density at radius 1 is 1.23 bits per heavy atom. The second kappa shape index (κ2) is 13.2. The van der Waals surface area contributed by atoms with Crippen LogP contribution in [0.25, 0.3) is 0 Å². The largest absolute Gasteiger partial charge is 0.379 e. The maximum Gasteiger partial charge on any atom is 0.192 e. The van der Waals surface area contributed by atoms with Crippen molar-refractivity contribution in [2.75, 3.05) is 39.4 Å². The standard InChI is InChI=1S/C21H32ClN7O.HI/c1-16(18-5-7-19(22)8-6-18)25-21(24-15-20-27-26-17(2)28(20)3)23-9-4-10-29-11-13-30-14-12-29;/h5-8,16H,4,9-15H2,1-3H3,(H2,23,24,25);1H. The van der Waals surface area contributed by atoms with E-state index in [4.69, 9.17) is 21.3 Å². The highest BCUT2D eigenvalue weighted by Gasteiger charge is 2.12. The first kappa shape index (κ1) is 25.8. The van der Waals surface area contributed by atoms with Gasteiger partial charge in [-0.05, 0) is 44.5 Å². The van der Waals surface area contributed by atoms with Gasteiger partial charge in [-0.2, -0.15) is 0 Å². The predicted molar refractivity (Wildman–Crippen MR) is 135 cm³/mol. The zero-order valence-corrected chi connectivity index (χ0v) is 21.6. The Kier molecular flexibility index (Phi) is 11.0. The number of aliphatic imine (C=N–C) groups is 1. The molecule has 31 heavy (non-hydrogen) atoms. The second-order valence-electron chi connectivity index (χ2n) is 7.54. The summed E-state index contributed by atoms with van der Waals surface area (Å²) >= 11 is 6.02. The van der Waals surface area contributed by atoms with E-state index in [9.17, 15) is 0 Å². The Morgan fingerprint density at radius 3 is 2.58 bits per heavy atom. The molecule has 1 aliphatic heterocycles. The molecule has 1 fully saturated rings. The number of guanidine groups is 1. The molecule has 10 heteroatoms. The molecule has 2 N–H and O–H groups in total. The maximum atomic E-state index is 6.02. The van der Waals surface area contributed by atoms with Crippen molar-refractivity contribution in [1.82, 2.24) is 30.3 Å². The van der Waals surface area contributed by atoms with Crippen molar-refractivity contribution < 1.29 is 4.74 Å². The fourth-order valence-corrected chi connectivity index (χ4v) is 3.39. The van der Waals surface area contributed by atoms with Crippen LogP contribution in [0.4, 0.5) is 0 Å². The van der Waals surface area contributed by atoms with Crippen LogP contribution < -0.4 is 10.6 Å². The fraction of sp³-hybridized carbons (Fsp3) is 0.571. The number of nitrogens with one attached hydrogen (secondary N) is 2. The molecule has 1 aliphatic rings. The Balaban J connectivity index is 0.00000341.